The lowest BCUT2D eigenvalue weighted by Gasteiger charge is -2.14. The van der Waals surface area contributed by atoms with E-state index < -0.39 is 6.10 Å². The number of para-hydroxylation sites is 1. The van der Waals surface area contributed by atoms with Crippen molar-refractivity contribution < 1.29 is 9.84 Å². The van der Waals surface area contributed by atoms with Gasteiger partial charge in [0.1, 0.15) is 23.3 Å². The molecule has 2 heterocycles. The van der Waals surface area contributed by atoms with E-state index in [0.29, 0.717) is 5.75 Å². The normalized spacial score (nSPS) is 15.1. The molecule has 1 N–H and O–H groups in total. The lowest BCUT2D eigenvalue weighted by molar-refractivity contribution is 0.0915. The Morgan fingerprint density at radius 2 is 2.04 bits per heavy atom. The smallest absolute Gasteiger partial charge is 0.262 e. The van der Waals surface area contributed by atoms with Crippen molar-refractivity contribution in [3.05, 3.63) is 57.5 Å². The first-order valence-electron chi connectivity index (χ1n) is 8.58. The number of thiophene rings is 1. The summed E-state index contributed by atoms with van der Waals surface area (Å²) in [7, 11) is 0. The first-order chi connectivity index (χ1) is 12.2. The third kappa shape index (κ3) is 3.32. The zero-order valence-corrected chi connectivity index (χ0v) is 14.7. The molecule has 1 aliphatic rings. The van der Waals surface area contributed by atoms with Crippen molar-refractivity contribution >= 4 is 21.6 Å². The number of aryl methyl sites for hydroxylation is 2. The van der Waals surface area contributed by atoms with E-state index in [1.807, 2.05) is 30.3 Å². The van der Waals surface area contributed by atoms with E-state index in [-0.39, 0.29) is 18.7 Å². The highest BCUT2D eigenvalue weighted by molar-refractivity contribution is 7.18. The molecule has 1 atom stereocenters. The summed E-state index contributed by atoms with van der Waals surface area (Å²) in [5, 5.41) is 11.0. The Bertz CT molecular complexity index is 933. The molecule has 0 amide bonds. The van der Waals surface area contributed by atoms with Crippen molar-refractivity contribution in [2.24, 2.45) is 0 Å². The Morgan fingerprint density at radius 1 is 1.24 bits per heavy atom. The predicted molar refractivity (Wildman–Crippen MR) is 98.5 cm³/mol. The SMILES string of the molecule is O=c1c2c3c(sc2ncn1CC(O)COc1ccccc1)CCCC3. The second kappa shape index (κ2) is 6.98. The maximum absolute atomic E-state index is 12.8. The molecule has 3 aromatic rings. The highest BCUT2D eigenvalue weighted by Gasteiger charge is 2.20. The second-order valence-corrected chi connectivity index (χ2v) is 7.45. The van der Waals surface area contributed by atoms with Gasteiger partial charge in [-0.3, -0.25) is 9.36 Å². The number of rotatable bonds is 5. The van der Waals surface area contributed by atoms with E-state index >= 15 is 0 Å². The minimum atomic E-state index is -0.772. The minimum absolute atomic E-state index is 0.0526. The maximum atomic E-state index is 12.8. The van der Waals surface area contributed by atoms with Gasteiger partial charge in [0.15, 0.2) is 0 Å². The molecular formula is C19H20N2O3S. The second-order valence-electron chi connectivity index (χ2n) is 6.37. The van der Waals surface area contributed by atoms with Gasteiger partial charge in [-0.15, -0.1) is 11.3 Å². The van der Waals surface area contributed by atoms with E-state index in [2.05, 4.69) is 4.98 Å². The van der Waals surface area contributed by atoms with Crippen molar-refractivity contribution in [2.45, 2.75) is 38.3 Å². The van der Waals surface area contributed by atoms with Crippen molar-refractivity contribution in [2.75, 3.05) is 6.61 Å². The van der Waals surface area contributed by atoms with Crippen LogP contribution < -0.4 is 10.3 Å². The van der Waals surface area contributed by atoms with Gasteiger partial charge in [-0.25, -0.2) is 4.98 Å². The zero-order valence-electron chi connectivity index (χ0n) is 13.9. The van der Waals surface area contributed by atoms with Crippen LogP contribution in [0, 0.1) is 0 Å². The molecule has 4 rings (SSSR count). The topological polar surface area (TPSA) is 64.4 Å². The van der Waals surface area contributed by atoms with Crippen molar-refractivity contribution in [3.8, 4) is 5.75 Å². The summed E-state index contributed by atoms with van der Waals surface area (Å²) in [5.41, 5.74) is 1.12. The number of aromatic nitrogens is 2. The van der Waals surface area contributed by atoms with Gasteiger partial charge in [-0.2, -0.15) is 0 Å². The average molecular weight is 356 g/mol. The van der Waals surface area contributed by atoms with Crippen LogP contribution in [0.2, 0.25) is 0 Å². The fourth-order valence-electron chi connectivity index (χ4n) is 3.30. The fraction of sp³-hybridized carbons (Fsp3) is 0.368. The maximum Gasteiger partial charge on any atom is 0.262 e. The molecule has 2 aromatic heterocycles. The Hall–Kier alpha value is -2.18. The number of aliphatic hydroxyl groups is 1. The van der Waals surface area contributed by atoms with Gasteiger partial charge in [0.25, 0.3) is 5.56 Å². The van der Waals surface area contributed by atoms with Crippen LogP contribution in [-0.2, 0) is 19.4 Å². The predicted octanol–water partition coefficient (Wildman–Crippen LogP) is 2.78. The number of benzene rings is 1. The van der Waals surface area contributed by atoms with E-state index in [9.17, 15) is 9.90 Å². The Kier molecular flexibility index (Phi) is 4.55. The summed E-state index contributed by atoms with van der Waals surface area (Å²) in [6.07, 6.45) is 5.08. The van der Waals surface area contributed by atoms with E-state index in [1.165, 1.54) is 21.4 Å². The molecule has 0 saturated carbocycles. The van der Waals surface area contributed by atoms with Gasteiger partial charge < -0.3 is 9.84 Å². The third-order valence-electron chi connectivity index (χ3n) is 4.53. The summed E-state index contributed by atoms with van der Waals surface area (Å²) < 4.78 is 7.06. The monoisotopic (exact) mass is 356 g/mol. The average Bonchev–Trinajstić information content (AvgIpc) is 3.02. The number of hydrogen-bond donors (Lipinski definition) is 1. The lowest BCUT2D eigenvalue weighted by atomic mass is 9.97. The molecule has 130 valence electrons. The standard InChI is InChI=1S/C19H20N2O3S/c22-13(11-24-14-6-2-1-3-7-14)10-21-12-20-18-17(19(21)23)15-8-4-5-9-16(15)25-18/h1-3,6-7,12-13,22H,4-5,8-11H2. The number of aliphatic hydroxyl groups excluding tert-OH is 1. The molecule has 5 nitrogen and oxygen atoms in total. The lowest BCUT2D eigenvalue weighted by Crippen LogP contribution is -2.30. The van der Waals surface area contributed by atoms with Crippen LogP contribution >= 0.6 is 11.3 Å². The van der Waals surface area contributed by atoms with Crippen LogP contribution in [-0.4, -0.2) is 27.4 Å². The first-order valence-corrected chi connectivity index (χ1v) is 9.39. The van der Waals surface area contributed by atoms with Crippen LogP contribution in [0.25, 0.3) is 10.2 Å². The summed E-state index contributed by atoms with van der Waals surface area (Å²) in [4.78, 5) is 19.4. The molecule has 0 saturated heterocycles. The molecular weight excluding hydrogens is 336 g/mol. The molecule has 0 bridgehead atoms. The van der Waals surface area contributed by atoms with E-state index in [4.69, 9.17) is 4.74 Å². The van der Waals surface area contributed by atoms with Crippen LogP contribution in [0.5, 0.6) is 5.75 Å². The van der Waals surface area contributed by atoms with Crippen molar-refractivity contribution in [1.29, 1.82) is 0 Å². The van der Waals surface area contributed by atoms with Crippen LogP contribution in [0.3, 0.4) is 0 Å². The first kappa shape index (κ1) is 16.3. The Labute approximate surface area is 149 Å². The summed E-state index contributed by atoms with van der Waals surface area (Å²) in [5.74, 6) is 0.703. The molecule has 0 aliphatic heterocycles. The largest absolute Gasteiger partial charge is 0.491 e. The number of hydrogen-bond acceptors (Lipinski definition) is 5. The number of ether oxygens (including phenoxy) is 1. The van der Waals surface area contributed by atoms with Gasteiger partial charge in [0.2, 0.25) is 0 Å². The van der Waals surface area contributed by atoms with Crippen molar-refractivity contribution in [3.63, 3.8) is 0 Å². The van der Waals surface area contributed by atoms with Crippen molar-refractivity contribution in [1.82, 2.24) is 9.55 Å². The Morgan fingerprint density at radius 3 is 2.88 bits per heavy atom. The molecule has 0 radical (unpaired) electrons. The number of fused-ring (bicyclic) bond motifs is 3. The summed E-state index contributed by atoms with van der Waals surface area (Å²) in [6, 6.07) is 9.34. The highest BCUT2D eigenvalue weighted by Crippen LogP contribution is 2.33. The van der Waals surface area contributed by atoms with Gasteiger partial charge in [0, 0.05) is 4.88 Å². The van der Waals surface area contributed by atoms with Gasteiger partial charge in [-0.05, 0) is 43.4 Å². The summed E-state index contributed by atoms with van der Waals surface area (Å²) in [6.45, 7) is 0.315. The van der Waals surface area contributed by atoms with E-state index in [1.54, 1.807) is 17.7 Å². The van der Waals surface area contributed by atoms with E-state index in [0.717, 1.165) is 29.5 Å². The fourth-order valence-corrected chi connectivity index (χ4v) is 4.52. The quantitative estimate of drug-likeness (QED) is 0.763. The Balaban J connectivity index is 1.53. The molecule has 0 spiro atoms. The van der Waals surface area contributed by atoms with Crippen LogP contribution in [0.1, 0.15) is 23.3 Å². The third-order valence-corrected chi connectivity index (χ3v) is 5.73. The van der Waals surface area contributed by atoms with Gasteiger partial charge >= 0.3 is 0 Å². The molecule has 1 aliphatic carbocycles. The molecule has 6 heteroatoms. The van der Waals surface area contributed by atoms with Crippen LogP contribution in [0.4, 0.5) is 0 Å². The molecule has 1 aromatic carbocycles. The molecule has 1 unspecified atom stereocenters. The molecule has 25 heavy (non-hydrogen) atoms. The van der Waals surface area contributed by atoms with Crippen LogP contribution in [0.15, 0.2) is 41.5 Å². The zero-order chi connectivity index (χ0) is 17.2. The minimum Gasteiger partial charge on any atom is -0.491 e. The van der Waals surface area contributed by atoms with Gasteiger partial charge in [0.05, 0.1) is 18.3 Å². The number of nitrogens with zero attached hydrogens (tertiary/aromatic N) is 2. The highest BCUT2D eigenvalue weighted by atomic mass is 32.1. The molecule has 0 fully saturated rings. The summed E-state index contributed by atoms with van der Waals surface area (Å²) >= 11 is 1.64. The van der Waals surface area contributed by atoms with Gasteiger partial charge in [-0.1, -0.05) is 18.2 Å².